The van der Waals surface area contributed by atoms with Crippen LogP contribution in [0.15, 0.2) is 4.99 Å². The first kappa shape index (κ1) is 28.0. The third-order valence-electron chi connectivity index (χ3n) is 5.69. The average Bonchev–Trinajstić information content (AvgIpc) is 2.97. The monoisotopic (exact) mass is 457 g/mol. The second-order valence-electron chi connectivity index (χ2n) is 9.88. The molecule has 1 rings (SSSR count). The number of aliphatic hydroxyl groups is 1. The molecule has 9 nitrogen and oxygen atoms in total. The third kappa shape index (κ3) is 7.55. The SMILES string of the molecule is CCC(C)(CC(CC(C)(C)C(=O)OCCOC)C1=NC(C)(C)C(=O)O1)C(=O)OCC(C)O. The first-order valence-corrected chi connectivity index (χ1v) is 11.0. The summed E-state index contributed by atoms with van der Waals surface area (Å²) >= 11 is 0. The van der Waals surface area contributed by atoms with Crippen molar-refractivity contribution in [2.24, 2.45) is 21.7 Å². The van der Waals surface area contributed by atoms with Gasteiger partial charge in [-0.15, -0.1) is 0 Å². The number of nitrogens with zero attached hydrogens (tertiary/aromatic N) is 1. The first-order chi connectivity index (χ1) is 14.7. The van der Waals surface area contributed by atoms with Crippen molar-refractivity contribution in [3.63, 3.8) is 0 Å². The fraction of sp³-hybridized carbons (Fsp3) is 0.826. The normalized spacial score (nSPS) is 19.4. The molecule has 32 heavy (non-hydrogen) atoms. The Morgan fingerprint density at radius 2 is 1.75 bits per heavy atom. The molecule has 0 fully saturated rings. The summed E-state index contributed by atoms with van der Waals surface area (Å²) in [6.07, 6.45) is 0.169. The molecule has 0 saturated carbocycles. The molecule has 0 aromatic heterocycles. The zero-order valence-corrected chi connectivity index (χ0v) is 20.6. The van der Waals surface area contributed by atoms with Crippen molar-refractivity contribution in [1.29, 1.82) is 0 Å². The molecule has 1 aliphatic rings. The molecule has 3 unspecified atom stereocenters. The Balaban J connectivity index is 3.17. The maximum absolute atomic E-state index is 12.8. The number of carbonyl (C=O) groups excluding carboxylic acids is 3. The molecule has 0 amide bonds. The molecule has 1 heterocycles. The molecular weight excluding hydrogens is 418 g/mol. The first-order valence-electron chi connectivity index (χ1n) is 11.0. The van der Waals surface area contributed by atoms with Crippen molar-refractivity contribution in [2.75, 3.05) is 26.9 Å². The highest BCUT2D eigenvalue weighted by Crippen LogP contribution is 2.40. The van der Waals surface area contributed by atoms with Gasteiger partial charge in [-0.25, -0.2) is 9.79 Å². The van der Waals surface area contributed by atoms with Crippen LogP contribution in [0.1, 0.15) is 67.7 Å². The lowest BCUT2D eigenvalue weighted by molar-refractivity contribution is -0.159. The number of hydrogen-bond acceptors (Lipinski definition) is 9. The number of methoxy groups -OCH3 is 1. The number of aliphatic imine (C=N–C) groups is 1. The van der Waals surface area contributed by atoms with Gasteiger partial charge in [0.1, 0.15) is 13.2 Å². The highest BCUT2D eigenvalue weighted by molar-refractivity contribution is 6.00. The summed E-state index contributed by atoms with van der Waals surface area (Å²) in [6.45, 7) is 12.2. The van der Waals surface area contributed by atoms with Crippen LogP contribution < -0.4 is 0 Å². The molecule has 1 N–H and O–H groups in total. The van der Waals surface area contributed by atoms with E-state index in [-0.39, 0.29) is 38.6 Å². The maximum atomic E-state index is 12.8. The highest BCUT2D eigenvalue weighted by Gasteiger charge is 2.46. The van der Waals surface area contributed by atoms with Crippen LogP contribution >= 0.6 is 0 Å². The molecular formula is C23H39NO8. The van der Waals surface area contributed by atoms with Crippen molar-refractivity contribution >= 4 is 23.8 Å². The fourth-order valence-electron chi connectivity index (χ4n) is 3.38. The zero-order valence-electron chi connectivity index (χ0n) is 20.6. The standard InChI is InChI=1S/C23H39NO8/c1-9-23(7,20(28)31-14-15(2)25)13-16(17-24-22(5,6)19(27)32-17)12-21(3,4)18(26)30-11-10-29-8/h15-16,25H,9-14H2,1-8H3. The van der Waals surface area contributed by atoms with E-state index in [1.165, 1.54) is 14.0 Å². The van der Waals surface area contributed by atoms with Crippen molar-refractivity contribution in [3.05, 3.63) is 0 Å². The quantitative estimate of drug-likeness (QED) is 0.255. The van der Waals surface area contributed by atoms with Crippen molar-refractivity contribution in [3.8, 4) is 0 Å². The highest BCUT2D eigenvalue weighted by atomic mass is 16.6. The predicted octanol–water partition coefficient (Wildman–Crippen LogP) is 2.67. The maximum Gasteiger partial charge on any atom is 0.340 e. The molecule has 0 spiro atoms. The molecule has 0 bridgehead atoms. The summed E-state index contributed by atoms with van der Waals surface area (Å²) in [5.41, 5.74) is -2.90. The van der Waals surface area contributed by atoms with Gasteiger partial charge in [-0.05, 0) is 60.8 Å². The van der Waals surface area contributed by atoms with Gasteiger partial charge < -0.3 is 24.1 Å². The van der Waals surface area contributed by atoms with Gasteiger partial charge in [0.25, 0.3) is 0 Å². The number of esters is 3. The zero-order chi connectivity index (χ0) is 24.7. The smallest absolute Gasteiger partial charge is 0.340 e. The lowest BCUT2D eigenvalue weighted by Crippen LogP contribution is -2.38. The van der Waals surface area contributed by atoms with E-state index >= 15 is 0 Å². The molecule has 0 aromatic carbocycles. The number of aliphatic hydroxyl groups excluding tert-OH is 1. The van der Waals surface area contributed by atoms with Crippen LogP contribution in [-0.2, 0) is 33.3 Å². The third-order valence-corrected chi connectivity index (χ3v) is 5.69. The summed E-state index contributed by atoms with van der Waals surface area (Å²) in [5, 5.41) is 9.47. The number of ether oxygens (including phenoxy) is 4. The molecule has 0 radical (unpaired) electrons. The second kappa shape index (κ2) is 11.2. The average molecular weight is 458 g/mol. The van der Waals surface area contributed by atoms with Gasteiger partial charge in [0.2, 0.25) is 0 Å². The Morgan fingerprint density at radius 3 is 2.22 bits per heavy atom. The van der Waals surface area contributed by atoms with Crippen LogP contribution in [0.2, 0.25) is 0 Å². The van der Waals surface area contributed by atoms with E-state index in [0.29, 0.717) is 6.42 Å². The van der Waals surface area contributed by atoms with E-state index in [2.05, 4.69) is 4.99 Å². The van der Waals surface area contributed by atoms with Gasteiger partial charge in [-0.3, -0.25) is 9.59 Å². The van der Waals surface area contributed by atoms with E-state index in [0.717, 1.165) is 0 Å². The van der Waals surface area contributed by atoms with Gasteiger partial charge in [-0.2, -0.15) is 0 Å². The summed E-state index contributed by atoms with van der Waals surface area (Å²) in [5.74, 6) is -1.66. The topological polar surface area (TPSA) is 121 Å². The fourth-order valence-corrected chi connectivity index (χ4v) is 3.38. The van der Waals surface area contributed by atoms with E-state index < -0.39 is 46.3 Å². The van der Waals surface area contributed by atoms with Gasteiger partial charge in [0, 0.05) is 13.0 Å². The van der Waals surface area contributed by atoms with Crippen LogP contribution in [-0.4, -0.2) is 67.5 Å². The van der Waals surface area contributed by atoms with E-state index in [4.69, 9.17) is 18.9 Å². The van der Waals surface area contributed by atoms with Crippen molar-refractivity contribution < 1.29 is 38.4 Å². The molecule has 3 atom stereocenters. The Morgan fingerprint density at radius 1 is 1.12 bits per heavy atom. The summed E-state index contributed by atoms with van der Waals surface area (Å²) < 4.78 is 21.0. The molecule has 0 aliphatic carbocycles. The minimum atomic E-state index is -1.04. The number of rotatable bonds is 13. The lowest BCUT2D eigenvalue weighted by atomic mass is 9.73. The molecule has 1 aliphatic heterocycles. The predicted molar refractivity (Wildman–Crippen MR) is 118 cm³/mol. The number of cyclic esters (lactones) is 1. The second-order valence-corrected chi connectivity index (χ2v) is 9.88. The van der Waals surface area contributed by atoms with Crippen molar-refractivity contribution in [1.82, 2.24) is 0 Å². The minimum Gasteiger partial charge on any atom is -0.463 e. The van der Waals surface area contributed by atoms with Crippen LogP contribution in [0, 0.1) is 16.7 Å². The summed E-state index contributed by atoms with van der Waals surface area (Å²) in [4.78, 5) is 42.2. The number of carbonyl (C=O) groups is 3. The molecule has 9 heteroatoms. The van der Waals surface area contributed by atoms with Gasteiger partial charge in [0.05, 0.1) is 23.5 Å². The Bertz CT molecular complexity index is 713. The van der Waals surface area contributed by atoms with Crippen LogP contribution in [0.3, 0.4) is 0 Å². The van der Waals surface area contributed by atoms with Crippen LogP contribution in [0.5, 0.6) is 0 Å². The van der Waals surface area contributed by atoms with Gasteiger partial charge in [0.15, 0.2) is 11.4 Å². The Labute approximate surface area is 190 Å². The molecule has 0 aromatic rings. The Kier molecular flexibility index (Phi) is 9.84. The molecule has 184 valence electrons. The van der Waals surface area contributed by atoms with Crippen LogP contribution in [0.4, 0.5) is 0 Å². The van der Waals surface area contributed by atoms with Gasteiger partial charge >= 0.3 is 17.9 Å². The van der Waals surface area contributed by atoms with E-state index in [1.54, 1.807) is 34.6 Å². The Hall–Kier alpha value is -2.00. The summed E-state index contributed by atoms with van der Waals surface area (Å²) in [6, 6.07) is 0. The van der Waals surface area contributed by atoms with Crippen molar-refractivity contribution in [2.45, 2.75) is 79.4 Å². The van der Waals surface area contributed by atoms with Crippen LogP contribution in [0.25, 0.3) is 0 Å². The van der Waals surface area contributed by atoms with E-state index in [9.17, 15) is 19.5 Å². The number of hydrogen-bond donors (Lipinski definition) is 1. The van der Waals surface area contributed by atoms with E-state index in [1.807, 2.05) is 6.92 Å². The largest absolute Gasteiger partial charge is 0.463 e. The lowest BCUT2D eigenvalue weighted by Gasteiger charge is -2.33. The molecule has 0 saturated heterocycles. The summed E-state index contributed by atoms with van der Waals surface area (Å²) in [7, 11) is 1.52. The van der Waals surface area contributed by atoms with Gasteiger partial charge in [-0.1, -0.05) is 6.92 Å². The minimum absolute atomic E-state index is 0.112.